The summed E-state index contributed by atoms with van der Waals surface area (Å²) in [5.74, 6) is -0.248. The number of anilines is 1. The Balaban J connectivity index is 1.85. The molecule has 0 spiro atoms. The zero-order valence-electron chi connectivity index (χ0n) is 24.2. The van der Waals surface area contributed by atoms with Gasteiger partial charge in [0, 0.05) is 20.2 Å². The van der Waals surface area contributed by atoms with E-state index in [-0.39, 0.29) is 23.5 Å². The standard InChI is InChI=1S/C29H32F9N5O/c1-26(44-3,20-8-6-4-5-7-9-20)24-11-10-21(27(30,31)32)14-19(24)17-43(25-39-41-42(2)40-25)16-18-12-22(28(33,34)35)15-23(13-18)29(36,37)38/h10-15,20H,4-9,16-17H2,1-3H3. The summed E-state index contributed by atoms with van der Waals surface area (Å²) in [6.45, 7) is 0.804. The fourth-order valence-corrected chi connectivity index (χ4v) is 5.85. The minimum Gasteiger partial charge on any atom is -0.374 e. The number of benzene rings is 2. The number of aromatic nitrogens is 4. The van der Waals surface area contributed by atoms with Crippen molar-refractivity contribution in [2.75, 3.05) is 12.0 Å². The quantitative estimate of drug-likeness (QED) is 0.184. The average molecular weight is 638 g/mol. The lowest BCUT2D eigenvalue weighted by Crippen LogP contribution is -2.36. The van der Waals surface area contributed by atoms with Crippen LogP contribution in [0.2, 0.25) is 0 Å². The Kier molecular flexibility index (Phi) is 9.57. The average Bonchev–Trinajstić information content (AvgIpc) is 3.18. The first kappa shape index (κ1) is 33.5. The van der Waals surface area contributed by atoms with Crippen LogP contribution in [-0.2, 0) is 49.0 Å². The first-order chi connectivity index (χ1) is 20.4. The number of nitrogens with zero attached hydrogens (tertiary/aromatic N) is 5. The minimum absolute atomic E-state index is 0.0100. The maximum atomic E-state index is 13.9. The molecule has 44 heavy (non-hydrogen) atoms. The number of hydrogen-bond acceptors (Lipinski definition) is 5. The third-order valence-corrected chi connectivity index (χ3v) is 8.19. The first-order valence-corrected chi connectivity index (χ1v) is 13.9. The molecule has 0 aliphatic heterocycles. The van der Waals surface area contributed by atoms with E-state index in [0.717, 1.165) is 55.5 Å². The van der Waals surface area contributed by atoms with Crippen molar-refractivity contribution in [1.82, 2.24) is 20.2 Å². The largest absolute Gasteiger partial charge is 0.416 e. The van der Waals surface area contributed by atoms with Crippen LogP contribution in [0.15, 0.2) is 36.4 Å². The van der Waals surface area contributed by atoms with E-state index < -0.39 is 59.5 Å². The Morgan fingerprint density at radius 1 is 0.795 bits per heavy atom. The van der Waals surface area contributed by atoms with Crippen molar-refractivity contribution in [1.29, 1.82) is 0 Å². The molecule has 3 aromatic rings. The van der Waals surface area contributed by atoms with Crippen LogP contribution in [0.1, 0.15) is 78.8 Å². The molecule has 0 radical (unpaired) electrons. The van der Waals surface area contributed by atoms with Crippen LogP contribution < -0.4 is 4.90 Å². The molecule has 1 aliphatic rings. The van der Waals surface area contributed by atoms with Crippen molar-refractivity contribution in [3.05, 3.63) is 69.8 Å². The molecule has 2 aromatic carbocycles. The maximum absolute atomic E-state index is 13.9. The molecule has 1 fully saturated rings. The summed E-state index contributed by atoms with van der Waals surface area (Å²) in [7, 11) is 2.86. The topological polar surface area (TPSA) is 56.1 Å². The van der Waals surface area contributed by atoms with Crippen LogP contribution in [0.25, 0.3) is 0 Å². The molecule has 0 bridgehead atoms. The van der Waals surface area contributed by atoms with Crippen LogP contribution in [0.4, 0.5) is 45.5 Å². The highest BCUT2D eigenvalue weighted by atomic mass is 19.4. The van der Waals surface area contributed by atoms with Gasteiger partial charge in [-0.3, -0.25) is 0 Å². The molecule has 15 heteroatoms. The van der Waals surface area contributed by atoms with Gasteiger partial charge in [-0.25, -0.2) is 0 Å². The molecule has 1 unspecified atom stereocenters. The second-order valence-corrected chi connectivity index (χ2v) is 11.2. The Morgan fingerprint density at radius 3 is 1.84 bits per heavy atom. The van der Waals surface area contributed by atoms with Gasteiger partial charge in [0.15, 0.2) is 0 Å². The van der Waals surface area contributed by atoms with Crippen molar-refractivity contribution in [2.24, 2.45) is 13.0 Å². The SMILES string of the molecule is COC(C)(c1ccc(C(F)(F)F)cc1CN(Cc1cc(C(F)(F)F)cc(C(F)(F)F)c1)c1nnn(C)n1)C1CCCCCC1. The Bertz CT molecular complexity index is 1390. The van der Waals surface area contributed by atoms with Gasteiger partial charge in [-0.05, 0) is 77.9 Å². The van der Waals surface area contributed by atoms with Crippen molar-refractivity contribution < 1.29 is 44.3 Å². The van der Waals surface area contributed by atoms with Gasteiger partial charge in [0.05, 0.1) is 29.3 Å². The normalized spacial score (nSPS) is 16.9. The second-order valence-electron chi connectivity index (χ2n) is 11.2. The number of tetrazole rings is 1. The van der Waals surface area contributed by atoms with E-state index in [2.05, 4.69) is 15.4 Å². The van der Waals surface area contributed by atoms with Gasteiger partial charge in [-0.2, -0.15) is 44.3 Å². The van der Waals surface area contributed by atoms with Crippen LogP contribution >= 0.6 is 0 Å². The summed E-state index contributed by atoms with van der Waals surface area (Å²) in [5.41, 5.74) is -4.90. The minimum atomic E-state index is -5.08. The summed E-state index contributed by atoms with van der Waals surface area (Å²) < 4.78 is 129. The van der Waals surface area contributed by atoms with Gasteiger partial charge in [-0.1, -0.05) is 36.8 Å². The van der Waals surface area contributed by atoms with E-state index in [1.54, 1.807) is 6.92 Å². The molecular formula is C29H32F9N5O. The molecular weight excluding hydrogens is 605 g/mol. The Hall–Kier alpha value is -3.36. The molecule has 0 saturated heterocycles. The maximum Gasteiger partial charge on any atom is 0.416 e. The van der Waals surface area contributed by atoms with E-state index in [1.165, 1.54) is 25.1 Å². The summed E-state index contributed by atoms with van der Waals surface area (Å²) >= 11 is 0. The summed E-state index contributed by atoms with van der Waals surface area (Å²) in [6, 6.07) is 4.35. The van der Waals surface area contributed by atoms with Crippen LogP contribution in [0, 0.1) is 5.92 Å². The van der Waals surface area contributed by atoms with E-state index in [0.29, 0.717) is 17.7 Å². The molecule has 0 amide bonds. The monoisotopic (exact) mass is 637 g/mol. The number of hydrogen-bond donors (Lipinski definition) is 0. The molecule has 1 aromatic heterocycles. The number of halogens is 9. The fraction of sp³-hybridized carbons (Fsp3) is 0.552. The predicted octanol–water partition coefficient (Wildman–Crippen LogP) is 8.31. The molecule has 1 heterocycles. The van der Waals surface area contributed by atoms with E-state index in [4.69, 9.17) is 4.74 Å². The van der Waals surface area contributed by atoms with Crippen LogP contribution in [0.3, 0.4) is 0 Å². The highest BCUT2D eigenvalue weighted by molar-refractivity contribution is 5.43. The highest BCUT2D eigenvalue weighted by Crippen LogP contribution is 2.44. The molecule has 0 N–H and O–H groups in total. The molecule has 242 valence electrons. The van der Waals surface area contributed by atoms with Gasteiger partial charge < -0.3 is 9.64 Å². The van der Waals surface area contributed by atoms with Gasteiger partial charge in [0.1, 0.15) is 0 Å². The van der Waals surface area contributed by atoms with Gasteiger partial charge >= 0.3 is 18.5 Å². The van der Waals surface area contributed by atoms with E-state index in [9.17, 15) is 39.5 Å². The number of ether oxygens (including phenoxy) is 1. The number of alkyl halides is 9. The zero-order chi connectivity index (χ0) is 32.5. The second kappa shape index (κ2) is 12.6. The summed E-state index contributed by atoms with van der Waals surface area (Å²) in [5, 5.41) is 11.6. The Morgan fingerprint density at radius 2 is 1.36 bits per heavy atom. The number of aryl methyl sites for hydroxylation is 1. The van der Waals surface area contributed by atoms with Crippen LogP contribution in [0.5, 0.6) is 0 Å². The third-order valence-electron chi connectivity index (χ3n) is 8.19. The van der Waals surface area contributed by atoms with Crippen molar-refractivity contribution in [3.63, 3.8) is 0 Å². The molecule has 1 aliphatic carbocycles. The van der Waals surface area contributed by atoms with E-state index in [1.807, 2.05) is 0 Å². The lowest BCUT2D eigenvalue weighted by atomic mass is 9.76. The molecule has 1 atom stereocenters. The predicted molar refractivity (Wildman–Crippen MR) is 142 cm³/mol. The number of methoxy groups -OCH3 is 1. The van der Waals surface area contributed by atoms with Gasteiger partial charge in [0.2, 0.25) is 0 Å². The summed E-state index contributed by atoms with van der Waals surface area (Å²) in [4.78, 5) is 2.22. The first-order valence-electron chi connectivity index (χ1n) is 13.9. The lowest BCUT2D eigenvalue weighted by Gasteiger charge is -2.39. The van der Waals surface area contributed by atoms with Crippen molar-refractivity contribution in [3.8, 4) is 0 Å². The molecule has 6 nitrogen and oxygen atoms in total. The van der Waals surface area contributed by atoms with Crippen molar-refractivity contribution in [2.45, 2.75) is 82.7 Å². The van der Waals surface area contributed by atoms with Gasteiger partial charge in [0.25, 0.3) is 5.95 Å². The van der Waals surface area contributed by atoms with Crippen molar-refractivity contribution >= 4 is 5.95 Å². The highest BCUT2D eigenvalue weighted by Gasteiger charge is 2.41. The summed E-state index contributed by atoms with van der Waals surface area (Å²) in [6.07, 6.45) is -9.51. The molecule has 4 rings (SSSR count). The lowest BCUT2D eigenvalue weighted by molar-refractivity contribution is -0.143. The van der Waals surface area contributed by atoms with Crippen LogP contribution in [-0.4, -0.2) is 27.3 Å². The molecule has 1 saturated carbocycles. The third kappa shape index (κ3) is 7.64. The number of rotatable bonds is 8. The van der Waals surface area contributed by atoms with Gasteiger partial charge in [-0.15, -0.1) is 5.10 Å². The smallest absolute Gasteiger partial charge is 0.374 e. The Labute approximate surface area is 248 Å². The fourth-order valence-electron chi connectivity index (χ4n) is 5.85. The van der Waals surface area contributed by atoms with E-state index >= 15 is 0 Å². The zero-order valence-corrected chi connectivity index (χ0v) is 24.2.